The highest BCUT2D eigenvalue weighted by Crippen LogP contribution is 2.06. The summed E-state index contributed by atoms with van der Waals surface area (Å²) in [5.74, 6) is -0.268. The topological polar surface area (TPSA) is 73.7 Å². The number of alkyl halides is 1. The third-order valence-corrected chi connectivity index (χ3v) is 2.21. The van der Waals surface area contributed by atoms with Gasteiger partial charge < -0.3 is 4.98 Å². The van der Waals surface area contributed by atoms with Crippen LogP contribution in [0.4, 0.5) is 0 Å². The number of nitrogens with zero attached hydrogens (tertiary/aromatic N) is 1. The van der Waals surface area contributed by atoms with E-state index in [1.165, 1.54) is 6.07 Å². The molecule has 0 fully saturated rings. The number of aromatic amines is 1. The standard InChI is InChI=1S/C9H7BrN2O2/c1-5-2-6(8(13)3-10)7(4-11)9(14)12-5/h2H,3H2,1H3,(H,12,14). The summed E-state index contributed by atoms with van der Waals surface area (Å²) in [5.41, 5.74) is 0.0979. The van der Waals surface area contributed by atoms with E-state index < -0.39 is 5.56 Å². The minimum Gasteiger partial charge on any atom is -0.325 e. The fourth-order valence-corrected chi connectivity index (χ4v) is 1.39. The number of carbonyl (C=O) groups excluding carboxylic acids is 1. The zero-order chi connectivity index (χ0) is 10.7. The van der Waals surface area contributed by atoms with Crippen molar-refractivity contribution in [3.63, 3.8) is 0 Å². The molecule has 0 aliphatic rings. The molecule has 1 aromatic heterocycles. The van der Waals surface area contributed by atoms with Crippen LogP contribution in [0.15, 0.2) is 10.9 Å². The SMILES string of the molecule is Cc1cc(C(=O)CBr)c(C#N)c(=O)[nH]1. The number of aryl methyl sites for hydroxylation is 1. The molecule has 0 spiro atoms. The van der Waals surface area contributed by atoms with Crippen molar-refractivity contribution in [2.75, 3.05) is 5.33 Å². The van der Waals surface area contributed by atoms with Gasteiger partial charge in [-0.3, -0.25) is 9.59 Å². The Morgan fingerprint density at radius 3 is 2.86 bits per heavy atom. The van der Waals surface area contributed by atoms with Crippen LogP contribution in [0.3, 0.4) is 0 Å². The number of nitrogens with one attached hydrogen (secondary N) is 1. The van der Waals surface area contributed by atoms with Gasteiger partial charge in [0.15, 0.2) is 5.78 Å². The molecule has 1 N–H and O–H groups in total. The number of halogens is 1. The molecule has 0 aliphatic heterocycles. The normalized spacial score (nSPS) is 9.50. The van der Waals surface area contributed by atoms with Gasteiger partial charge in [0.2, 0.25) is 0 Å². The Kier molecular flexibility index (Phi) is 3.20. The smallest absolute Gasteiger partial charge is 0.266 e. The predicted molar refractivity (Wildman–Crippen MR) is 54.6 cm³/mol. The minimum absolute atomic E-state index is 0.102. The Hall–Kier alpha value is -1.41. The third-order valence-electron chi connectivity index (χ3n) is 1.70. The number of hydrogen-bond donors (Lipinski definition) is 1. The van der Waals surface area contributed by atoms with Gasteiger partial charge in [-0.1, -0.05) is 15.9 Å². The minimum atomic E-state index is -0.517. The van der Waals surface area contributed by atoms with E-state index in [0.29, 0.717) is 5.69 Å². The molecule has 0 radical (unpaired) electrons. The highest BCUT2D eigenvalue weighted by molar-refractivity contribution is 9.09. The Morgan fingerprint density at radius 2 is 2.36 bits per heavy atom. The highest BCUT2D eigenvalue weighted by Gasteiger charge is 2.13. The zero-order valence-electron chi connectivity index (χ0n) is 7.43. The van der Waals surface area contributed by atoms with Crippen LogP contribution < -0.4 is 5.56 Å². The second-order valence-electron chi connectivity index (χ2n) is 2.74. The van der Waals surface area contributed by atoms with Crippen LogP contribution in [-0.4, -0.2) is 16.1 Å². The summed E-state index contributed by atoms with van der Waals surface area (Å²) in [6.07, 6.45) is 0. The second-order valence-corrected chi connectivity index (χ2v) is 3.30. The van der Waals surface area contributed by atoms with Crippen LogP contribution in [0.25, 0.3) is 0 Å². The lowest BCUT2D eigenvalue weighted by atomic mass is 10.1. The molecular formula is C9H7BrN2O2. The molecule has 0 saturated carbocycles. The number of aromatic nitrogens is 1. The summed E-state index contributed by atoms with van der Waals surface area (Å²) < 4.78 is 0. The summed E-state index contributed by atoms with van der Waals surface area (Å²) in [6.45, 7) is 1.66. The molecule has 1 heterocycles. The monoisotopic (exact) mass is 254 g/mol. The molecule has 4 nitrogen and oxygen atoms in total. The van der Waals surface area contributed by atoms with E-state index in [0.717, 1.165) is 0 Å². The summed E-state index contributed by atoms with van der Waals surface area (Å²) in [4.78, 5) is 25.1. The van der Waals surface area contributed by atoms with Crippen molar-refractivity contribution in [3.05, 3.63) is 33.2 Å². The van der Waals surface area contributed by atoms with Crippen molar-refractivity contribution in [1.82, 2.24) is 4.98 Å². The first-order valence-electron chi connectivity index (χ1n) is 3.83. The molecule has 72 valence electrons. The fraction of sp³-hybridized carbons (Fsp3) is 0.222. The Labute approximate surface area is 88.7 Å². The Bertz CT molecular complexity index is 471. The summed E-state index contributed by atoms with van der Waals surface area (Å²) >= 11 is 2.99. The van der Waals surface area contributed by atoms with Crippen molar-refractivity contribution >= 4 is 21.7 Å². The lowest BCUT2D eigenvalue weighted by Crippen LogP contribution is -2.17. The van der Waals surface area contributed by atoms with E-state index in [1.807, 2.05) is 0 Å². The van der Waals surface area contributed by atoms with E-state index in [2.05, 4.69) is 20.9 Å². The van der Waals surface area contributed by atoms with Crippen molar-refractivity contribution in [3.8, 4) is 6.07 Å². The molecular weight excluding hydrogens is 248 g/mol. The van der Waals surface area contributed by atoms with Gasteiger partial charge in [-0.15, -0.1) is 0 Å². The second kappa shape index (κ2) is 4.20. The summed E-state index contributed by atoms with van der Waals surface area (Å²) in [7, 11) is 0. The lowest BCUT2D eigenvalue weighted by Gasteiger charge is -2.00. The molecule has 14 heavy (non-hydrogen) atoms. The number of carbonyl (C=O) groups is 1. The van der Waals surface area contributed by atoms with Crippen LogP contribution in [0.1, 0.15) is 21.6 Å². The molecule has 1 aromatic rings. The maximum absolute atomic E-state index is 11.3. The Morgan fingerprint density at radius 1 is 1.71 bits per heavy atom. The predicted octanol–water partition coefficient (Wildman–Crippen LogP) is 1.13. The number of nitriles is 1. The van der Waals surface area contributed by atoms with E-state index in [1.54, 1.807) is 13.0 Å². The number of ketones is 1. The summed E-state index contributed by atoms with van der Waals surface area (Å²) in [5, 5.41) is 8.80. The van der Waals surface area contributed by atoms with Gasteiger partial charge in [-0.05, 0) is 13.0 Å². The van der Waals surface area contributed by atoms with Crippen LogP contribution in [0.5, 0.6) is 0 Å². The average Bonchev–Trinajstić information content (AvgIpc) is 2.15. The van der Waals surface area contributed by atoms with Crippen molar-refractivity contribution < 1.29 is 4.79 Å². The maximum atomic E-state index is 11.3. The van der Waals surface area contributed by atoms with Gasteiger partial charge in [0, 0.05) is 11.3 Å². The Balaban J connectivity index is 3.50. The van der Waals surface area contributed by atoms with E-state index in [9.17, 15) is 9.59 Å². The van der Waals surface area contributed by atoms with E-state index in [4.69, 9.17) is 5.26 Å². The summed E-state index contributed by atoms with van der Waals surface area (Å²) in [6, 6.07) is 3.22. The molecule has 0 unspecified atom stereocenters. The van der Waals surface area contributed by atoms with Gasteiger partial charge in [0.05, 0.1) is 5.33 Å². The molecule has 0 aliphatic carbocycles. The number of hydrogen-bond acceptors (Lipinski definition) is 3. The molecule has 0 atom stereocenters. The van der Waals surface area contributed by atoms with Crippen molar-refractivity contribution in [1.29, 1.82) is 5.26 Å². The molecule has 5 heteroatoms. The number of H-pyrrole nitrogens is 1. The largest absolute Gasteiger partial charge is 0.325 e. The van der Waals surface area contributed by atoms with E-state index in [-0.39, 0.29) is 22.2 Å². The van der Waals surface area contributed by atoms with Crippen molar-refractivity contribution in [2.45, 2.75) is 6.92 Å². The van der Waals surface area contributed by atoms with Gasteiger partial charge in [-0.25, -0.2) is 0 Å². The maximum Gasteiger partial charge on any atom is 0.266 e. The third kappa shape index (κ3) is 1.91. The van der Waals surface area contributed by atoms with E-state index >= 15 is 0 Å². The molecule has 0 amide bonds. The quantitative estimate of drug-likeness (QED) is 0.635. The zero-order valence-corrected chi connectivity index (χ0v) is 9.01. The van der Waals surface area contributed by atoms with Crippen molar-refractivity contribution in [2.24, 2.45) is 0 Å². The van der Waals surface area contributed by atoms with Crippen LogP contribution >= 0.6 is 15.9 Å². The fourth-order valence-electron chi connectivity index (χ4n) is 1.09. The number of rotatable bonds is 2. The molecule has 0 bridgehead atoms. The first-order chi connectivity index (χ1) is 6.60. The molecule has 0 aromatic carbocycles. The average molecular weight is 255 g/mol. The van der Waals surface area contributed by atoms with Crippen LogP contribution in [-0.2, 0) is 0 Å². The van der Waals surface area contributed by atoms with Crippen LogP contribution in [0, 0.1) is 18.3 Å². The molecule has 0 saturated heterocycles. The lowest BCUT2D eigenvalue weighted by molar-refractivity contribution is 0.102. The van der Waals surface area contributed by atoms with Gasteiger partial charge in [0.25, 0.3) is 5.56 Å². The van der Waals surface area contributed by atoms with Gasteiger partial charge >= 0.3 is 0 Å². The number of pyridine rings is 1. The number of Topliss-reactive ketones (excluding diaryl/α,β-unsaturated/α-hetero) is 1. The highest BCUT2D eigenvalue weighted by atomic mass is 79.9. The van der Waals surface area contributed by atoms with Gasteiger partial charge in [-0.2, -0.15) is 5.26 Å². The molecule has 1 rings (SSSR count). The first kappa shape index (κ1) is 10.7. The van der Waals surface area contributed by atoms with Crippen LogP contribution in [0.2, 0.25) is 0 Å². The first-order valence-corrected chi connectivity index (χ1v) is 4.95. The van der Waals surface area contributed by atoms with Gasteiger partial charge in [0.1, 0.15) is 11.6 Å².